The SMILES string of the molecule is CCCNC(=O)CN(CCC)C(=O)c1ccco1. The Morgan fingerprint density at radius 3 is 2.67 bits per heavy atom. The Balaban J connectivity index is 2.59. The molecule has 2 amide bonds. The van der Waals surface area contributed by atoms with Gasteiger partial charge < -0.3 is 14.6 Å². The molecular formula is C13H20N2O3. The summed E-state index contributed by atoms with van der Waals surface area (Å²) in [7, 11) is 0. The number of furan rings is 1. The third-order valence-corrected chi connectivity index (χ3v) is 2.42. The molecule has 0 aliphatic rings. The fourth-order valence-corrected chi connectivity index (χ4v) is 1.57. The standard InChI is InChI=1S/C13H20N2O3/c1-3-7-14-12(16)10-15(8-4-2)13(17)11-6-5-9-18-11/h5-6,9H,3-4,7-8,10H2,1-2H3,(H,14,16). The van der Waals surface area contributed by atoms with E-state index < -0.39 is 0 Å². The van der Waals surface area contributed by atoms with Crippen LogP contribution in [0.2, 0.25) is 0 Å². The van der Waals surface area contributed by atoms with Gasteiger partial charge in [-0.2, -0.15) is 0 Å². The van der Waals surface area contributed by atoms with Crippen LogP contribution in [0.5, 0.6) is 0 Å². The third-order valence-electron chi connectivity index (χ3n) is 2.42. The predicted molar refractivity (Wildman–Crippen MR) is 68.2 cm³/mol. The monoisotopic (exact) mass is 252 g/mol. The number of hydrogen-bond acceptors (Lipinski definition) is 3. The molecule has 0 radical (unpaired) electrons. The summed E-state index contributed by atoms with van der Waals surface area (Å²) < 4.78 is 5.06. The van der Waals surface area contributed by atoms with Crippen molar-refractivity contribution in [1.29, 1.82) is 0 Å². The topological polar surface area (TPSA) is 62.6 Å². The van der Waals surface area contributed by atoms with Gasteiger partial charge in [-0.3, -0.25) is 9.59 Å². The van der Waals surface area contributed by atoms with Crippen molar-refractivity contribution in [3.8, 4) is 0 Å². The maximum atomic E-state index is 12.1. The summed E-state index contributed by atoms with van der Waals surface area (Å²) in [5, 5.41) is 2.76. The van der Waals surface area contributed by atoms with E-state index in [-0.39, 0.29) is 24.1 Å². The highest BCUT2D eigenvalue weighted by Crippen LogP contribution is 2.06. The summed E-state index contributed by atoms with van der Waals surface area (Å²) in [6, 6.07) is 3.27. The van der Waals surface area contributed by atoms with Crippen molar-refractivity contribution < 1.29 is 14.0 Å². The van der Waals surface area contributed by atoms with Gasteiger partial charge >= 0.3 is 0 Å². The van der Waals surface area contributed by atoms with E-state index in [1.54, 1.807) is 12.1 Å². The Hall–Kier alpha value is -1.78. The summed E-state index contributed by atoms with van der Waals surface area (Å²) >= 11 is 0. The molecule has 0 aromatic carbocycles. The Morgan fingerprint density at radius 2 is 2.11 bits per heavy atom. The third kappa shape index (κ3) is 4.24. The van der Waals surface area contributed by atoms with Gasteiger partial charge in [-0.05, 0) is 25.0 Å². The van der Waals surface area contributed by atoms with Crippen molar-refractivity contribution in [2.24, 2.45) is 0 Å². The Labute approximate surface area is 107 Å². The summed E-state index contributed by atoms with van der Waals surface area (Å²) in [5.74, 6) is -0.106. The van der Waals surface area contributed by atoms with Crippen molar-refractivity contribution in [3.05, 3.63) is 24.2 Å². The molecule has 0 bridgehead atoms. The van der Waals surface area contributed by atoms with Gasteiger partial charge in [0.15, 0.2) is 5.76 Å². The van der Waals surface area contributed by atoms with Gasteiger partial charge in [0.05, 0.1) is 12.8 Å². The normalized spacial score (nSPS) is 10.1. The van der Waals surface area contributed by atoms with Crippen LogP contribution >= 0.6 is 0 Å². The first-order valence-electron chi connectivity index (χ1n) is 6.28. The zero-order valence-electron chi connectivity index (χ0n) is 10.9. The van der Waals surface area contributed by atoms with Crippen LogP contribution in [-0.4, -0.2) is 36.3 Å². The van der Waals surface area contributed by atoms with Crippen LogP contribution in [-0.2, 0) is 4.79 Å². The van der Waals surface area contributed by atoms with Crippen molar-refractivity contribution in [3.63, 3.8) is 0 Å². The lowest BCUT2D eigenvalue weighted by Gasteiger charge is -2.20. The van der Waals surface area contributed by atoms with E-state index in [1.165, 1.54) is 11.2 Å². The molecule has 0 unspecified atom stereocenters. The minimum absolute atomic E-state index is 0.0768. The number of nitrogens with zero attached hydrogens (tertiary/aromatic N) is 1. The lowest BCUT2D eigenvalue weighted by Crippen LogP contribution is -2.41. The molecule has 0 saturated heterocycles. The van der Waals surface area contributed by atoms with Gasteiger partial charge in [0.25, 0.3) is 5.91 Å². The largest absolute Gasteiger partial charge is 0.459 e. The first-order chi connectivity index (χ1) is 8.69. The fourth-order valence-electron chi connectivity index (χ4n) is 1.57. The van der Waals surface area contributed by atoms with Gasteiger partial charge in [0, 0.05) is 13.1 Å². The van der Waals surface area contributed by atoms with E-state index in [0.717, 1.165) is 12.8 Å². The molecule has 1 rings (SSSR count). The first-order valence-corrected chi connectivity index (χ1v) is 6.28. The Morgan fingerprint density at radius 1 is 1.33 bits per heavy atom. The maximum Gasteiger partial charge on any atom is 0.290 e. The molecule has 100 valence electrons. The predicted octanol–water partition coefficient (Wildman–Crippen LogP) is 1.66. The average Bonchev–Trinajstić information content (AvgIpc) is 2.88. The summed E-state index contributed by atoms with van der Waals surface area (Å²) in [6.45, 7) is 5.20. The second-order valence-corrected chi connectivity index (χ2v) is 4.05. The highest BCUT2D eigenvalue weighted by Gasteiger charge is 2.19. The maximum absolute atomic E-state index is 12.1. The van der Waals surface area contributed by atoms with Crippen LogP contribution < -0.4 is 5.32 Å². The number of rotatable bonds is 7. The Bertz CT molecular complexity index is 374. The van der Waals surface area contributed by atoms with Crippen LogP contribution in [0.3, 0.4) is 0 Å². The second kappa shape index (κ2) is 7.53. The molecule has 1 heterocycles. The van der Waals surface area contributed by atoms with E-state index in [4.69, 9.17) is 4.42 Å². The number of carbonyl (C=O) groups excluding carboxylic acids is 2. The van der Waals surface area contributed by atoms with Gasteiger partial charge in [-0.1, -0.05) is 13.8 Å². The molecule has 0 spiro atoms. The second-order valence-electron chi connectivity index (χ2n) is 4.05. The molecule has 0 aliphatic carbocycles. The summed E-state index contributed by atoms with van der Waals surface area (Å²) in [4.78, 5) is 25.2. The van der Waals surface area contributed by atoms with Gasteiger partial charge in [0.2, 0.25) is 5.91 Å². The molecule has 1 aromatic rings. The van der Waals surface area contributed by atoms with E-state index in [9.17, 15) is 9.59 Å². The summed E-state index contributed by atoms with van der Waals surface area (Å²) in [6.07, 6.45) is 3.13. The molecule has 0 saturated carbocycles. The number of carbonyl (C=O) groups is 2. The minimum Gasteiger partial charge on any atom is -0.459 e. The van der Waals surface area contributed by atoms with Crippen molar-refractivity contribution >= 4 is 11.8 Å². The molecule has 1 aromatic heterocycles. The molecule has 18 heavy (non-hydrogen) atoms. The lowest BCUT2D eigenvalue weighted by atomic mass is 10.3. The van der Waals surface area contributed by atoms with Crippen molar-refractivity contribution in [2.45, 2.75) is 26.7 Å². The van der Waals surface area contributed by atoms with E-state index >= 15 is 0 Å². The van der Waals surface area contributed by atoms with Crippen LogP contribution in [0.25, 0.3) is 0 Å². The zero-order chi connectivity index (χ0) is 13.4. The van der Waals surface area contributed by atoms with Crippen molar-refractivity contribution in [1.82, 2.24) is 10.2 Å². The van der Waals surface area contributed by atoms with Gasteiger partial charge in [-0.25, -0.2) is 0 Å². The zero-order valence-corrected chi connectivity index (χ0v) is 10.9. The van der Waals surface area contributed by atoms with Crippen LogP contribution in [0.15, 0.2) is 22.8 Å². The van der Waals surface area contributed by atoms with E-state index in [1.807, 2.05) is 13.8 Å². The van der Waals surface area contributed by atoms with Crippen LogP contribution in [0, 0.1) is 0 Å². The highest BCUT2D eigenvalue weighted by molar-refractivity contribution is 5.94. The van der Waals surface area contributed by atoms with E-state index in [2.05, 4.69) is 5.32 Å². The van der Waals surface area contributed by atoms with Crippen LogP contribution in [0.4, 0.5) is 0 Å². The van der Waals surface area contributed by atoms with Gasteiger partial charge in [0.1, 0.15) is 0 Å². The summed E-state index contributed by atoms with van der Waals surface area (Å²) in [5.41, 5.74) is 0. The van der Waals surface area contributed by atoms with Crippen LogP contribution in [0.1, 0.15) is 37.2 Å². The molecule has 1 N–H and O–H groups in total. The quantitative estimate of drug-likeness (QED) is 0.802. The smallest absolute Gasteiger partial charge is 0.290 e. The molecule has 0 fully saturated rings. The number of hydrogen-bond donors (Lipinski definition) is 1. The molecule has 5 heteroatoms. The molecule has 5 nitrogen and oxygen atoms in total. The van der Waals surface area contributed by atoms with Crippen molar-refractivity contribution in [2.75, 3.05) is 19.6 Å². The molecular weight excluding hydrogens is 232 g/mol. The number of nitrogens with one attached hydrogen (secondary N) is 1. The molecule has 0 atom stereocenters. The first kappa shape index (κ1) is 14.3. The van der Waals surface area contributed by atoms with E-state index in [0.29, 0.717) is 13.1 Å². The molecule has 0 aliphatic heterocycles. The Kier molecular flexibility index (Phi) is 5.97. The average molecular weight is 252 g/mol. The highest BCUT2D eigenvalue weighted by atomic mass is 16.3. The lowest BCUT2D eigenvalue weighted by molar-refractivity contribution is -0.121. The fraction of sp³-hybridized carbons (Fsp3) is 0.538. The van der Waals surface area contributed by atoms with Gasteiger partial charge in [-0.15, -0.1) is 0 Å². The minimum atomic E-state index is -0.242. The number of amides is 2.